The second-order valence-electron chi connectivity index (χ2n) is 2.78. The average molecular weight is 221 g/mol. The van der Waals surface area contributed by atoms with Gasteiger partial charge in [0.1, 0.15) is 5.78 Å². The highest BCUT2D eigenvalue weighted by molar-refractivity contribution is 7.54. The third-order valence-electron chi connectivity index (χ3n) is 2.23. The minimum absolute atomic E-state index is 0.368. The van der Waals surface area contributed by atoms with Gasteiger partial charge in [-0.2, -0.15) is 0 Å². The molecule has 0 aromatic heterocycles. The zero-order valence-electron chi connectivity index (χ0n) is 9.40. The normalized spacial score (nSPS) is 14.4. The quantitative estimate of drug-likeness (QED) is 0.488. The Balaban J connectivity index is 4.84. The largest absolute Gasteiger partial charge is 0.351 e. The summed E-state index contributed by atoms with van der Waals surface area (Å²) in [6.45, 7) is 9.22. The molecule has 0 rings (SSSR count). The molecule has 0 spiro atoms. The van der Waals surface area contributed by atoms with Crippen LogP contribution in [0, 0.1) is 0 Å². The fraction of sp³-hybridized carbons (Fsp3) is 0.778. The van der Waals surface area contributed by atoms with Crippen molar-refractivity contribution in [2.45, 2.75) is 19.6 Å². The molecule has 0 aromatic carbocycles. The summed E-state index contributed by atoms with van der Waals surface area (Å²) in [5, 5.41) is 0. The summed E-state index contributed by atoms with van der Waals surface area (Å²) in [6, 6.07) is 0. The zero-order chi connectivity index (χ0) is 11.2. The van der Waals surface area contributed by atoms with Gasteiger partial charge in [0, 0.05) is 14.2 Å². The number of rotatable bonds is 7. The van der Waals surface area contributed by atoms with Crippen molar-refractivity contribution in [1.82, 2.24) is 4.90 Å². The van der Waals surface area contributed by atoms with Gasteiger partial charge >= 0.3 is 7.60 Å². The monoisotopic (exact) mass is 221 g/mol. The summed E-state index contributed by atoms with van der Waals surface area (Å²) < 4.78 is 22.0. The molecule has 0 aromatic rings. The smallest absolute Gasteiger partial charge is 0.311 e. The van der Waals surface area contributed by atoms with E-state index in [1.165, 1.54) is 14.2 Å². The van der Waals surface area contributed by atoms with E-state index >= 15 is 0 Å². The van der Waals surface area contributed by atoms with Gasteiger partial charge in [-0.1, -0.05) is 19.9 Å². The Morgan fingerprint density at radius 2 is 1.79 bits per heavy atom. The maximum atomic E-state index is 12.1. The van der Waals surface area contributed by atoms with Gasteiger partial charge in [0.05, 0.1) is 0 Å². The Kier molecular flexibility index (Phi) is 6.29. The minimum Gasteiger partial charge on any atom is -0.311 e. The van der Waals surface area contributed by atoms with Crippen LogP contribution in [0.2, 0.25) is 0 Å². The lowest BCUT2D eigenvalue weighted by Gasteiger charge is -2.30. The first kappa shape index (κ1) is 13.8. The van der Waals surface area contributed by atoms with Crippen molar-refractivity contribution in [1.29, 1.82) is 0 Å². The first-order chi connectivity index (χ1) is 6.59. The van der Waals surface area contributed by atoms with E-state index in [2.05, 4.69) is 6.58 Å². The maximum Gasteiger partial charge on any atom is 0.351 e. The highest BCUT2D eigenvalue weighted by Crippen LogP contribution is 2.53. The lowest BCUT2D eigenvalue weighted by molar-refractivity contribution is 0.218. The minimum atomic E-state index is -3.07. The third kappa shape index (κ3) is 2.92. The maximum absolute atomic E-state index is 12.1. The van der Waals surface area contributed by atoms with Gasteiger partial charge in [0.2, 0.25) is 0 Å². The summed E-state index contributed by atoms with van der Waals surface area (Å²) in [5.74, 6) is -0.368. The molecule has 0 heterocycles. The van der Waals surface area contributed by atoms with Crippen LogP contribution in [0.5, 0.6) is 0 Å². The molecule has 14 heavy (non-hydrogen) atoms. The van der Waals surface area contributed by atoms with Gasteiger partial charge in [0.25, 0.3) is 0 Å². The fourth-order valence-corrected chi connectivity index (χ4v) is 2.93. The van der Waals surface area contributed by atoms with E-state index in [9.17, 15) is 4.57 Å². The topological polar surface area (TPSA) is 38.8 Å². The fourth-order valence-electron chi connectivity index (χ4n) is 1.37. The molecule has 0 amide bonds. The van der Waals surface area contributed by atoms with Gasteiger partial charge in [-0.15, -0.1) is 6.58 Å². The SMILES string of the molecule is C=CC(N(CC)CC)P(=O)(OC)OC. The standard InChI is InChI=1S/C9H20NO3P/c1-6-9(10(7-2)8-3)14(11,12-4)13-5/h6,9H,1,7-8H2,2-5H3. The summed E-state index contributed by atoms with van der Waals surface area (Å²) in [5.41, 5.74) is 0. The molecule has 1 atom stereocenters. The highest BCUT2D eigenvalue weighted by atomic mass is 31.2. The molecule has 0 fully saturated rings. The molecular formula is C9H20NO3P. The Bertz CT molecular complexity index is 208. The van der Waals surface area contributed by atoms with Crippen LogP contribution in [0.3, 0.4) is 0 Å². The van der Waals surface area contributed by atoms with E-state index in [1.807, 2.05) is 18.7 Å². The molecule has 0 saturated carbocycles. The Morgan fingerprint density at radius 3 is 2.00 bits per heavy atom. The van der Waals surface area contributed by atoms with Crippen LogP contribution >= 0.6 is 7.60 Å². The van der Waals surface area contributed by atoms with E-state index < -0.39 is 7.60 Å². The van der Waals surface area contributed by atoms with Crippen molar-refractivity contribution in [2.75, 3.05) is 27.3 Å². The Hall–Kier alpha value is -0.150. The lowest BCUT2D eigenvalue weighted by Crippen LogP contribution is -2.34. The van der Waals surface area contributed by atoms with E-state index in [0.29, 0.717) is 0 Å². The lowest BCUT2D eigenvalue weighted by atomic mass is 10.4. The van der Waals surface area contributed by atoms with Crippen LogP contribution in [-0.4, -0.2) is 38.0 Å². The number of hydrogen-bond acceptors (Lipinski definition) is 4. The molecule has 4 nitrogen and oxygen atoms in total. The average Bonchev–Trinajstić information content (AvgIpc) is 2.24. The van der Waals surface area contributed by atoms with Crippen molar-refractivity contribution in [3.63, 3.8) is 0 Å². The molecule has 0 aliphatic heterocycles. The van der Waals surface area contributed by atoms with Crippen molar-refractivity contribution in [2.24, 2.45) is 0 Å². The van der Waals surface area contributed by atoms with Crippen LogP contribution < -0.4 is 0 Å². The van der Waals surface area contributed by atoms with Gasteiger partial charge in [-0.25, -0.2) is 0 Å². The summed E-state index contributed by atoms with van der Waals surface area (Å²) in [6.07, 6.45) is 1.61. The van der Waals surface area contributed by atoms with Crippen LogP contribution in [0.25, 0.3) is 0 Å². The van der Waals surface area contributed by atoms with E-state index in [4.69, 9.17) is 9.05 Å². The number of likely N-dealkylation sites (N-methyl/N-ethyl adjacent to an activating group) is 1. The van der Waals surface area contributed by atoms with Crippen molar-refractivity contribution < 1.29 is 13.6 Å². The Morgan fingerprint density at radius 1 is 1.36 bits per heavy atom. The van der Waals surface area contributed by atoms with Gasteiger partial charge in [-0.05, 0) is 13.1 Å². The molecule has 0 aliphatic carbocycles. The molecule has 0 radical (unpaired) electrons. The van der Waals surface area contributed by atoms with Gasteiger partial charge < -0.3 is 9.05 Å². The molecule has 1 unspecified atom stereocenters. The second kappa shape index (κ2) is 6.36. The van der Waals surface area contributed by atoms with E-state index in [1.54, 1.807) is 6.08 Å². The summed E-state index contributed by atoms with van der Waals surface area (Å²) in [7, 11) is -0.286. The van der Waals surface area contributed by atoms with Crippen molar-refractivity contribution in [3.8, 4) is 0 Å². The molecule has 0 saturated heterocycles. The number of hydrogen-bond donors (Lipinski definition) is 0. The molecular weight excluding hydrogens is 201 g/mol. The summed E-state index contributed by atoms with van der Waals surface area (Å²) >= 11 is 0. The van der Waals surface area contributed by atoms with Crippen LogP contribution in [0.4, 0.5) is 0 Å². The van der Waals surface area contributed by atoms with Crippen molar-refractivity contribution in [3.05, 3.63) is 12.7 Å². The first-order valence-corrected chi connectivity index (χ1v) is 6.28. The molecule has 0 N–H and O–H groups in total. The Labute approximate surface area is 86.4 Å². The third-order valence-corrected chi connectivity index (χ3v) is 4.43. The van der Waals surface area contributed by atoms with E-state index in [0.717, 1.165) is 13.1 Å². The van der Waals surface area contributed by atoms with Crippen LogP contribution in [0.1, 0.15) is 13.8 Å². The highest BCUT2D eigenvalue weighted by Gasteiger charge is 2.34. The van der Waals surface area contributed by atoms with Crippen LogP contribution in [-0.2, 0) is 13.6 Å². The summed E-state index contributed by atoms with van der Waals surface area (Å²) in [4.78, 5) is 1.99. The first-order valence-electron chi connectivity index (χ1n) is 4.67. The molecule has 84 valence electrons. The molecule has 5 heteroatoms. The number of nitrogens with zero attached hydrogens (tertiary/aromatic N) is 1. The van der Waals surface area contributed by atoms with Gasteiger partial charge in [0.15, 0.2) is 0 Å². The zero-order valence-corrected chi connectivity index (χ0v) is 10.3. The van der Waals surface area contributed by atoms with Gasteiger partial charge in [-0.3, -0.25) is 9.46 Å². The van der Waals surface area contributed by atoms with Crippen molar-refractivity contribution >= 4 is 7.60 Å². The predicted octanol–water partition coefficient (Wildman–Crippen LogP) is 2.33. The van der Waals surface area contributed by atoms with Crippen LogP contribution in [0.15, 0.2) is 12.7 Å². The predicted molar refractivity (Wildman–Crippen MR) is 58.5 cm³/mol. The molecule has 0 bridgehead atoms. The van der Waals surface area contributed by atoms with E-state index in [-0.39, 0.29) is 5.78 Å². The second-order valence-corrected chi connectivity index (χ2v) is 5.11. The molecule has 0 aliphatic rings.